The number of hydrogen-bond acceptors (Lipinski definition) is 5. The molecule has 122 valence electrons. The van der Waals surface area contributed by atoms with E-state index in [1.807, 2.05) is 19.1 Å². The normalized spacial score (nSPS) is 10.4. The van der Waals surface area contributed by atoms with E-state index in [0.717, 1.165) is 17.7 Å². The molecule has 0 radical (unpaired) electrons. The van der Waals surface area contributed by atoms with Crippen molar-refractivity contribution in [2.75, 3.05) is 25.6 Å². The number of nitrogens with zero attached hydrogens (tertiary/aromatic N) is 2. The van der Waals surface area contributed by atoms with Gasteiger partial charge in [-0.3, -0.25) is 4.79 Å². The minimum absolute atomic E-state index is 0.243. The Bertz CT molecular complexity index is 673. The first-order chi connectivity index (χ1) is 11.2. The summed E-state index contributed by atoms with van der Waals surface area (Å²) in [5, 5.41) is 5.97. The molecule has 6 heteroatoms. The number of anilines is 2. The van der Waals surface area contributed by atoms with E-state index in [-0.39, 0.29) is 5.91 Å². The summed E-state index contributed by atoms with van der Waals surface area (Å²) in [6.07, 6.45) is 2.48. The van der Waals surface area contributed by atoms with Gasteiger partial charge in [0.1, 0.15) is 5.69 Å². The highest BCUT2D eigenvalue weighted by Gasteiger charge is 2.10. The summed E-state index contributed by atoms with van der Waals surface area (Å²) >= 11 is 0. The number of hydrogen-bond donors (Lipinski definition) is 2. The highest BCUT2D eigenvalue weighted by atomic mass is 16.5. The third kappa shape index (κ3) is 4.50. The van der Waals surface area contributed by atoms with E-state index in [1.54, 1.807) is 19.4 Å². The van der Waals surface area contributed by atoms with Gasteiger partial charge in [-0.25, -0.2) is 9.97 Å². The van der Waals surface area contributed by atoms with Crippen molar-refractivity contribution in [2.45, 2.75) is 20.3 Å². The molecule has 1 aromatic carbocycles. The molecule has 0 saturated carbocycles. The number of carbonyl (C=O) groups excluding carboxylic acids is 1. The van der Waals surface area contributed by atoms with Gasteiger partial charge in [-0.05, 0) is 30.5 Å². The van der Waals surface area contributed by atoms with E-state index >= 15 is 0 Å². The molecule has 1 heterocycles. The van der Waals surface area contributed by atoms with Crippen LogP contribution in [0.5, 0.6) is 0 Å². The predicted molar refractivity (Wildman–Crippen MR) is 90.1 cm³/mol. The van der Waals surface area contributed by atoms with Gasteiger partial charge in [0.05, 0.1) is 6.61 Å². The van der Waals surface area contributed by atoms with Crippen molar-refractivity contribution < 1.29 is 9.53 Å². The van der Waals surface area contributed by atoms with Crippen LogP contribution in [0.3, 0.4) is 0 Å². The van der Waals surface area contributed by atoms with Crippen molar-refractivity contribution >= 4 is 17.5 Å². The lowest BCUT2D eigenvalue weighted by molar-refractivity contribution is 0.0932. The van der Waals surface area contributed by atoms with Gasteiger partial charge in [0.25, 0.3) is 5.91 Å². The maximum Gasteiger partial charge on any atom is 0.270 e. The van der Waals surface area contributed by atoms with Gasteiger partial charge in [-0.15, -0.1) is 0 Å². The number of rotatable bonds is 7. The van der Waals surface area contributed by atoms with Crippen molar-refractivity contribution in [2.24, 2.45) is 0 Å². The Morgan fingerprint density at radius 1 is 1.30 bits per heavy atom. The highest BCUT2D eigenvalue weighted by Crippen LogP contribution is 2.23. The van der Waals surface area contributed by atoms with E-state index < -0.39 is 0 Å². The lowest BCUT2D eigenvalue weighted by Crippen LogP contribution is -2.27. The summed E-state index contributed by atoms with van der Waals surface area (Å²) in [4.78, 5) is 20.5. The minimum atomic E-state index is -0.243. The molecule has 1 aromatic heterocycles. The average Bonchev–Trinajstić information content (AvgIpc) is 2.57. The summed E-state index contributed by atoms with van der Waals surface area (Å²) < 4.78 is 4.91. The van der Waals surface area contributed by atoms with Crippen molar-refractivity contribution in [3.8, 4) is 0 Å². The molecule has 0 aliphatic carbocycles. The number of aryl methyl sites for hydroxylation is 2. The van der Waals surface area contributed by atoms with Crippen LogP contribution in [-0.4, -0.2) is 36.1 Å². The van der Waals surface area contributed by atoms with Gasteiger partial charge >= 0.3 is 0 Å². The Balaban J connectivity index is 2.16. The van der Waals surface area contributed by atoms with Crippen LogP contribution < -0.4 is 10.6 Å². The molecule has 0 unspecified atom stereocenters. The number of ether oxygens (including phenoxy) is 1. The molecule has 6 nitrogen and oxygen atoms in total. The van der Waals surface area contributed by atoms with Crippen LogP contribution in [0.1, 0.15) is 28.5 Å². The van der Waals surface area contributed by atoms with Crippen LogP contribution in [0, 0.1) is 6.92 Å². The van der Waals surface area contributed by atoms with Crippen LogP contribution >= 0.6 is 0 Å². The van der Waals surface area contributed by atoms with E-state index in [1.165, 1.54) is 5.56 Å². The number of amides is 1. The van der Waals surface area contributed by atoms with Crippen molar-refractivity contribution in [1.82, 2.24) is 15.3 Å². The Morgan fingerprint density at radius 3 is 2.87 bits per heavy atom. The van der Waals surface area contributed by atoms with E-state index in [0.29, 0.717) is 24.8 Å². The van der Waals surface area contributed by atoms with Crippen LogP contribution in [0.2, 0.25) is 0 Å². The molecule has 2 rings (SSSR count). The smallest absolute Gasteiger partial charge is 0.270 e. The second kappa shape index (κ2) is 8.24. The monoisotopic (exact) mass is 314 g/mol. The summed E-state index contributed by atoms with van der Waals surface area (Å²) in [5.41, 5.74) is 3.61. The molecule has 0 spiro atoms. The number of benzene rings is 1. The molecule has 0 aliphatic heterocycles. The number of carbonyl (C=O) groups is 1. The molecular weight excluding hydrogens is 292 g/mol. The SMILES string of the molecule is CCc1cccc(C)c1Nc1nccc(C(=O)NCCOC)n1. The Labute approximate surface area is 136 Å². The van der Waals surface area contributed by atoms with E-state index in [4.69, 9.17) is 4.74 Å². The fourth-order valence-electron chi connectivity index (χ4n) is 2.22. The van der Waals surface area contributed by atoms with Crippen LogP contribution in [0.25, 0.3) is 0 Å². The summed E-state index contributed by atoms with van der Waals surface area (Å²) in [6, 6.07) is 7.71. The zero-order valence-corrected chi connectivity index (χ0v) is 13.7. The number of aromatic nitrogens is 2. The fraction of sp³-hybridized carbons (Fsp3) is 0.353. The first-order valence-electron chi connectivity index (χ1n) is 7.61. The molecule has 0 atom stereocenters. The van der Waals surface area contributed by atoms with Crippen LogP contribution in [0.4, 0.5) is 11.6 Å². The lowest BCUT2D eigenvalue weighted by atomic mass is 10.1. The molecule has 23 heavy (non-hydrogen) atoms. The Kier molecular flexibility index (Phi) is 6.05. The largest absolute Gasteiger partial charge is 0.383 e. The zero-order chi connectivity index (χ0) is 16.7. The van der Waals surface area contributed by atoms with Crippen molar-refractivity contribution in [3.05, 3.63) is 47.3 Å². The van der Waals surface area contributed by atoms with Gasteiger partial charge in [0, 0.05) is 25.5 Å². The Morgan fingerprint density at radius 2 is 2.13 bits per heavy atom. The van der Waals surface area contributed by atoms with Gasteiger partial charge in [-0.2, -0.15) is 0 Å². The van der Waals surface area contributed by atoms with Crippen molar-refractivity contribution in [1.29, 1.82) is 0 Å². The second-order valence-electron chi connectivity index (χ2n) is 5.10. The van der Waals surface area contributed by atoms with Gasteiger partial charge in [0.2, 0.25) is 5.95 Å². The number of methoxy groups -OCH3 is 1. The Hall–Kier alpha value is -2.47. The maximum absolute atomic E-state index is 12.0. The third-order valence-electron chi connectivity index (χ3n) is 3.46. The predicted octanol–water partition coefficient (Wildman–Crippen LogP) is 2.47. The third-order valence-corrected chi connectivity index (χ3v) is 3.46. The first kappa shape index (κ1) is 16.9. The van der Waals surface area contributed by atoms with Gasteiger partial charge in [0.15, 0.2) is 0 Å². The zero-order valence-electron chi connectivity index (χ0n) is 13.7. The molecule has 2 N–H and O–H groups in total. The average molecular weight is 314 g/mol. The molecule has 2 aromatic rings. The number of nitrogens with one attached hydrogen (secondary N) is 2. The molecule has 0 fully saturated rings. The summed E-state index contributed by atoms with van der Waals surface area (Å²) in [7, 11) is 1.59. The van der Waals surface area contributed by atoms with E-state index in [9.17, 15) is 4.79 Å². The minimum Gasteiger partial charge on any atom is -0.383 e. The van der Waals surface area contributed by atoms with E-state index in [2.05, 4.69) is 33.6 Å². The summed E-state index contributed by atoms with van der Waals surface area (Å²) in [6.45, 7) is 5.04. The molecule has 0 aliphatic rings. The molecule has 0 bridgehead atoms. The molecule has 0 saturated heterocycles. The van der Waals surface area contributed by atoms with Crippen LogP contribution in [0.15, 0.2) is 30.5 Å². The van der Waals surface area contributed by atoms with Gasteiger partial charge < -0.3 is 15.4 Å². The maximum atomic E-state index is 12.0. The summed E-state index contributed by atoms with van der Waals surface area (Å²) in [5.74, 6) is 0.168. The highest BCUT2D eigenvalue weighted by molar-refractivity contribution is 5.92. The molecule has 1 amide bonds. The topological polar surface area (TPSA) is 76.1 Å². The first-order valence-corrected chi connectivity index (χ1v) is 7.61. The quantitative estimate of drug-likeness (QED) is 0.768. The molecular formula is C17H22N4O2. The standard InChI is InChI=1S/C17H22N4O2/c1-4-13-7-5-6-12(2)15(13)21-17-19-9-8-14(20-17)16(22)18-10-11-23-3/h5-9H,4,10-11H2,1-3H3,(H,18,22)(H,19,20,21). The van der Waals surface area contributed by atoms with Crippen molar-refractivity contribution in [3.63, 3.8) is 0 Å². The lowest BCUT2D eigenvalue weighted by Gasteiger charge is -2.13. The number of para-hydroxylation sites is 1. The second-order valence-corrected chi connectivity index (χ2v) is 5.10. The van der Waals surface area contributed by atoms with Gasteiger partial charge in [-0.1, -0.05) is 25.1 Å². The van der Waals surface area contributed by atoms with Crippen LogP contribution in [-0.2, 0) is 11.2 Å². The fourth-order valence-corrected chi connectivity index (χ4v) is 2.22.